The Labute approximate surface area is 274 Å². The van der Waals surface area contributed by atoms with Crippen molar-refractivity contribution in [1.29, 1.82) is 0 Å². The van der Waals surface area contributed by atoms with E-state index in [-0.39, 0.29) is 13.2 Å². The fourth-order valence-electron chi connectivity index (χ4n) is 5.89. The normalized spacial score (nSPS) is 31.4. The summed E-state index contributed by atoms with van der Waals surface area (Å²) in [6.45, 7) is 1.04. The first-order valence-corrected chi connectivity index (χ1v) is 17.7. The molecule has 0 spiro atoms. The zero-order valence-electron chi connectivity index (χ0n) is 27.8. The Morgan fingerprint density at radius 2 is 1.02 bits per heavy atom. The van der Waals surface area contributed by atoms with Gasteiger partial charge in [0.15, 0.2) is 12.6 Å². The molecule has 2 aliphatic rings. The van der Waals surface area contributed by atoms with Crippen LogP contribution in [0.3, 0.4) is 0 Å². The SMILES string of the molecule is CCCCCCCCCCCCCCCCCCOC(CO[C@@H]1O[C@H]([C@H](O)CO)[C@H](O)[C@@H]1O)CO[C@@H]1O[C@H](CO)[C@@H](O)[C@H](O)[C@H]1O. The number of unbranched alkanes of at least 4 members (excludes halogenated alkanes) is 15. The van der Waals surface area contributed by atoms with Gasteiger partial charge < -0.3 is 64.5 Å². The van der Waals surface area contributed by atoms with Crippen molar-refractivity contribution in [3.05, 3.63) is 0 Å². The molecule has 0 radical (unpaired) electrons. The van der Waals surface area contributed by atoms with Crippen LogP contribution < -0.4 is 0 Å². The number of hydrogen-bond acceptors (Lipinski definition) is 13. The Balaban J connectivity index is 1.68. The van der Waals surface area contributed by atoms with Crippen LogP contribution in [0.4, 0.5) is 0 Å². The average molecular weight is 669 g/mol. The van der Waals surface area contributed by atoms with Crippen LogP contribution >= 0.6 is 0 Å². The predicted octanol–water partition coefficient (Wildman–Crippen LogP) is 1.27. The molecule has 2 fully saturated rings. The molecule has 2 heterocycles. The Kier molecular flexibility index (Phi) is 22.3. The maximum atomic E-state index is 10.3. The minimum Gasteiger partial charge on any atom is -0.394 e. The molecule has 13 nitrogen and oxygen atoms in total. The van der Waals surface area contributed by atoms with E-state index >= 15 is 0 Å². The summed E-state index contributed by atoms with van der Waals surface area (Å²) in [5, 5.41) is 79.3. The van der Waals surface area contributed by atoms with Gasteiger partial charge in [0.25, 0.3) is 0 Å². The van der Waals surface area contributed by atoms with Gasteiger partial charge in [-0.05, 0) is 6.42 Å². The van der Waals surface area contributed by atoms with Crippen molar-refractivity contribution in [1.82, 2.24) is 0 Å². The van der Waals surface area contributed by atoms with Crippen molar-refractivity contribution in [2.75, 3.05) is 33.0 Å². The van der Waals surface area contributed by atoms with Crippen LogP contribution in [-0.2, 0) is 23.7 Å². The molecule has 274 valence electrons. The summed E-state index contributed by atoms with van der Waals surface area (Å²) in [4.78, 5) is 0. The molecule has 1 unspecified atom stereocenters. The van der Waals surface area contributed by atoms with Gasteiger partial charge in [0.2, 0.25) is 0 Å². The van der Waals surface area contributed by atoms with Gasteiger partial charge in [0.05, 0.1) is 26.4 Å². The summed E-state index contributed by atoms with van der Waals surface area (Å²) >= 11 is 0. The number of rotatable bonds is 27. The van der Waals surface area contributed by atoms with Crippen molar-refractivity contribution in [2.45, 2.75) is 177 Å². The molecule has 8 N–H and O–H groups in total. The monoisotopic (exact) mass is 668 g/mol. The molecule has 0 bridgehead atoms. The topological polar surface area (TPSA) is 208 Å². The molecule has 13 heteroatoms. The summed E-state index contributed by atoms with van der Waals surface area (Å²) in [6, 6.07) is 0. The highest BCUT2D eigenvalue weighted by Crippen LogP contribution is 2.26. The standard InChI is InChI=1S/C33H64O13/c1-2-3-4-5-6-7-8-9-10-11-12-13-14-15-16-17-18-42-23(21-43-32-29(40)27(38)26(37)25(20-35)45-32)22-44-33-30(41)28(39)31(46-33)24(36)19-34/h23-41H,2-22H2,1H3/t23?,24-,25-,26-,27+,28-,29-,30+,31-,32-,33-/m1/s1. The Bertz CT molecular complexity index is 732. The first-order valence-electron chi connectivity index (χ1n) is 17.7. The van der Waals surface area contributed by atoms with Gasteiger partial charge in [-0.1, -0.05) is 103 Å². The van der Waals surface area contributed by atoms with E-state index in [2.05, 4.69) is 6.92 Å². The van der Waals surface area contributed by atoms with Crippen LogP contribution in [0.15, 0.2) is 0 Å². The summed E-state index contributed by atoms with van der Waals surface area (Å²) < 4.78 is 28.1. The molecule has 0 amide bonds. The van der Waals surface area contributed by atoms with Gasteiger partial charge in [-0.15, -0.1) is 0 Å². The lowest BCUT2D eigenvalue weighted by Gasteiger charge is -2.40. The number of ether oxygens (including phenoxy) is 5. The molecule has 2 rings (SSSR count). The molecular formula is C33H64O13. The molecule has 11 atom stereocenters. The molecule has 46 heavy (non-hydrogen) atoms. The Morgan fingerprint density at radius 3 is 1.50 bits per heavy atom. The van der Waals surface area contributed by atoms with Crippen molar-refractivity contribution >= 4 is 0 Å². The lowest BCUT2D eigenvalue weighted by molar-refractivity contribution is -0.307. The third-order valence-corrected chi connectivity index (χ3v) is 8.92. The molecular weight excluding hydrogens is 604 g/mol. The first kappa shape index (κ1) is 41.7. The summed E-state index contributed by atoms with van der Waals surface area (Å²) in [7, 11) is 0. The highest BCUT2D eigenvalue weighted by atomic mass is 16.7. The van der Waals surface area contributed by atoms with Crippen LogP contribution in [0, 0.1) is 0 Å². The van der Waals surface area contributed by atoms with Crippen molar-refractivity contribution in [3.8, 4) is 0 Å². The zero-order valence-corrected chi connectivity index (χ0v) is 27.8. The molecule has 0 aliphatic carbocycles. The molecule has 0 aromatic carbocycles. The maximum absolute atomic E-state index is 10.3. The number of hydrogen-bond donors (Lipinski definition) is 8. The van der Waals surface area contributed by atoms with E-state index in [1.807, 2.05) is 0 Å². The van der Waals surface area contributed by atoms with E-state index < -0.39 is 80.7 Å². The summed E-state index contributed by atoms with van der Waals surface area (Å²) in [6.07, 6.45) is 5.24. The quantitative estimate of drug-likeness (QED) is 0.0581. The molecule has 0 aromatic rings. The van der Waals surface area contributed by atoms with E-state index in [0.29, 0.717) is 6.61 Å². The fourth-order valence-corrected chi connectivity index (χ4v) is 5.89. The van der Waals surface area contributed by atoms with Crippen molar-refractivity contribution < 1.29 is 64.5 Å². The molecule has 2 saturated heterocycles. The average Bonchev–Trinajstić information content (AvgIpc) is 3.35. The smallest absolute Gasteiger partial charge is 0.186 e. The van der Waals surface area contributed by atoms with Gasteiger partial charge in [-0.25, -0.2) is 0 Å². The van der Waals surface area contributed by atoms with Crippen LogP contribution in [0.5, 0.6) is 0 Å². The van der Waals surface area contributed by atoms with E-state index in [9.17, 15) is 40.9 Å². The van der Waals surface area contributed by atoms with Gasteiger partial charge in [-0.2, -0.15) is 0 Å². The van der Waals surface area contributed by atoms with Crippen molar-refractivity contribution in [3.63, 3.8) is 0 Å². The van der Waals surface area contributed by atoms with Crippen LogP contribution in [0.2, 0.25) is 0 Å². The Morgan fingerprint density at radius 1 is 0.565 bits per heavy atom. The lowest BCUT2D eigenvalue weighted by Crippen LogP contribution is -2.59. The van der Waals surface area contributed by atoms with Crippen LogP contribution in [-0.4, -0.2) is 141 Å². The van der Waals surface area contributed by atoms with Gasteiger partial charge >= 0.3 is 0 Å². The van der Waals surface area contributed by atoms with Crippen molar-refractivity contribution in [2.24, 2.45) is 0 Å². The second-order valence-electron chi connectivity index (χ2n) is 12.9. The number of aliphatic hydroxyl groups excluding tert-OH is 8. The van der Waals surface area contributed by atoms with Gasteiger partial charge in [0.1, 0.15) is 54.9 Å². The summed E-state index contributed by atoms with van der Waals surface area (Å²) in [5.41, 5.74) is 0. The van der Waals surface area contributed by atoms with E-state index in [1.54, 1.807) is 0 Å². The minimum atomic E-state index is -1.59. The fraction of sp³-hybridized carbons (Fsp3) is 1.00. The molecule has 0 aromatic heterocycles. The zero-order chi connectivity index (χ0) is 33.7. The summed E-state index contributed by atoms with van der Waals surface area (Å²) in [5.74, 6) is 0. The largest absolute Gasteiger partial charge is 0.394 e. The third kappa shape index (κ3) is 14.9. The van der Waals surface area contributed by atoms with E-state index in [4.69, 9.17) is 23.7 Å². The van der Waals surface area contributed by atoms with E-state index in [0.717, 1.165) is 19.3 Å². The van der Waals surface area contributed by atoms with Gasteiger partial charge in [-0.3, -0.25) is 0 Å². The minimum absolute atomic E-state index is 0.160. The van der Waals surface area contributed by atoms with Crippen LogP contribution in [0.25, 0.3) is 0 Å². The van der Waals surface area contributed by atoms with E-state index in [1.165, 1.54) is 83.5 Å². The maximum Gasteiger partial charge on any atom is 0.186 e. The third-order valence-electron chi connectivity index (χ3n) is 8.92. The lowest BCUT2D eigenvalue weighted by atomic mass is 9.99. The molecule has 0 saturated carbocycles. The highest BCUT2D eigenvalue weighted by Gasteiger charge is 2.47. The highest BCUT2D eigenvalue weighted by molar-refractivity contribution is 4.91. The Hall–Kier alpha value is -0.520. The predicted molar refractivity (Wildman–Crippen MR) is 169 cm³/mol. The second kappa shape index (κ2) is 24.6. The second-order valence-corrected chi connectivity index (χ2v) is 12.9. The molecule has 2 aliphatic heterocycles. The first-order chi connectivity index (χ1) is 22.2. The number of aliphatic hydroxyl groups is 8. The van der Waals surface area contributed by atoms with Gasteiger partial charge in [0, 0.05) is 6.61 Å². The van der Waals surface area contributed by atoms with Crippen LogP contribution in [0.1, 0.15) is 110 Å².